The summed E-state index contributed by atoms with van der Waals surface area (Å²) < 4.78 is 18.4. The van der Waals surface area contributed by atoms with Crippen molar-refractivity contribution in [1.82, 2.24) is 10.3 Å². The lowest BCUT2D eigenvalue weighted by molar-refractivity contribution is 0.0635. The molecule has 0 atom stereocenters. The number of hydrogen-bond acceptors (Lipinski definition) is 4. The second kappa shape index (κ2) is 8.44. The summed E-state index contributed by atoms with van der Waals surface area (Å²) in [5, 5.41) is 16.3. The summed E-state index contributed by atoms with van der Waals surface area (Å²) in [6.45, 7) is 5.56. The number of ether oxygens (including phenoxy) is 1. The highest BCUT2D eigenvalue weighted by atomic mass is 19.1. The van der Waals surface area contributed by atoms with Gasteiger partial charge in [0.2, 0.25) is 0 Å². The first kappa shape index (κ1) is 21.2. The summed E-state index contributed by atoms with van der Waals surface area (Å²) in [7, 11) is 0. The Morgan fingerprint density at radius 2 is 1.93 bits per heavy atom. The number of halogens is 1. The van der Waals surface area contributed by atoms with Gasteiger partial charge in [-0.15, -0.1) is 0 Å². The maximum Gasteiger partial charge on any atom is 0.412 e. The van der Waals surface area contributed by atoms with Gasteiger partial charge in [-0.2, -0.15) is 0 Å². The lowest BCUT2D eigenvalue weighted by Gasteiger charge is -2.19. The molecule has 1 aromatic heterocycles. The quantitative estimate of drug-likeness (QED) is 0.500. The number of aromatic nitrogens is 1. The Balaban J connectivity index is 1.58. The molecule has 4 N–H and O–H groups in total. The Labute approximate surface area is 173 Å². The number of phenolic OH excluding ortho intramolecular Hbond substituents is 1. The molecule has 0 aliphatic carbocycles. The van der Waals surface area contributed by atoms with Crippen molar-refractivity contribution in [3.8, 4) is 5.75 Å². The predicted octanol–water partition coefficient (Wildman–Crippen LogP) is 4.33. The molecule has 0 fully saturated rings. The van der Waals surface area contributed by atoms with Crippen molar-refractivity contribution in [2.75, 3.05) is 11.9 Å². The lowest BCUT2D eigenvalue weighted by atomic mass is 10.1. The summed E-state index contributed by atoms with van der Waals surface area (Å²) in [6, 6.07) is 8.72. The van der Waals surface area contributed by atoms with Crippen LogP contribution in [0, 0.1) is 5.82 Å². The lowest BCUT2D eigenvalue weighted by Crippen LogP contribution is -2.27. The summed E-state index contributed by atoms with van der Waals surface area (Å²) in [5.74, 6) is -1.02. The van der Waals surface area contributed by atoms with E-state index in [1.807, 2.05) is 0 Å². The van der Waals surface area contributed by atoms with Gasteiger partial charge >= 0.3 is 6.09 Å². The third-order valence-electron chi connectivity index (χ3n) is 4.30. The van der Waals surface area contributed by atoms with Crippen molar-refractivity contribution < 1.29 is 23.8 Å². The number of amides is 2. The predicted molar refractivity (Wildman–Crippen MR) is 112 cm³/mol. The maximum absolute atomic E-state index is 13.3. The van der Waals surface area contributed by atoms with Gasteiger partial charge in [0.25, 0.3) is 5.91 Å². The van der Waals surface area contributed by atoms with Crippen LogP contribution in [0.5, 0.6) is 5.75 Å². The van der Waals surface area contributed by atoms with E-state index in [0.29, 0.717) is 24.2 Å². The molecule has 30 heavy (non-hydrogen) atoms. The van der Waals surface area contributed by atoms with Crippen molar-refractivity contribution in [2.24, 2.45) is 0 Å². The largest absolute Gasteiger partial charge is 0.507 e. The summed E-state index contributed by atoms with van der Waals surface area (Å²) in [4.78, 5) is 27.2. The molecule has 3 aromatic rings. The van der Waals surface area contributed by atoms with Gasteiger partial charge < -0.3 is 20.1 Å². The SMILES string of the molecule is CC(C)(C)OC(=O)Nc1ccc(C(=O)NCCc2c[nH]c3cc(F)ccc23)c(O)c1. The van der Waals surface area contributed by atoms with Crippen LogP contribution in [0.1, 0.15) is 36.7 Å². The van der Waals surface area contributed by atoms with Gasteiger partial charge in [0.15, 0.2) is 0 Å². The number of phenols is 1. The number of nitrogens with one attached hydrogen (secondary N) is 3. The fraction of sp³-hybridized carbons (Fsp3) is 0.273. The minimum Gasteiger partial charge on any atom is -0.507 e. The zero-order valence-corrected chi connectivity index (χ0v) is 17.0. The fourth-order valence-electron chi connectivity index (χ4n) is 2.99. The average molecular weight is 413 g/mol. The summed E-state index contributed by atoms with van der Waals surface area (Å²) in [6.07, 6.45) is 1.67. The molecule has 0 radical (unpaired) electrons. The topological polar surface area (TPSA) is 103 Å². The van der Waals surface area contributed by atoms with Crippen LogP contribution in [0.25, 0.3) is 10.9 Å². The summed E-state index contributed by atoms with van der Waals surface area (Å²) in [5.41, 5.74) is 1.40. The number of carbonyl (C=O) groups excluding carboxylic acids is 2. The highest BCUT2D eigenvalue weighted by Crippen LogP contribution is 2.23. The number of hydrogen-bond donors (Lipinski definition) is 4. The molecule has 8 heteroatoms. The van der Waals surface area contributed by atoms with Gasteiger partial charge in [0.1, 0.15) is 17.2 Å². The molecule has 0 unspecified atom stereocenters. The first-order valence-electron chi connectivity index (χ1n) is 9.49. The van der Waals surface area contributed by atoms with Crippen LogP contribution in [0.2, 0.25) is 0 Å². The van der Waals surface area contributed by atoms with Crippen molar-refractivity contribution in [2.45, 2.75) is 32.8 Å². The monoisotopic (exact) mass is 413 g/mol. The normalized spacial score (nSPS) is 11.3. The maximum atomic E-state index is 13.3. The third kappa shape index (κ3) is 5.28. The van der Waals surface area contributed by atoms with Crippen molar-refractivity contribution in [1.29, 1.82) is 0 Å². The molecule has 2 amide bonds. The first-order valence-corrected chi connectivity index (χ1v) is 9.49. The van der Waals surface area contributed by atoms with Crippen LogP contribution in [0.4, 0.5) is 14.9 Å². The Hall–Kier alpha value is -3.55. The molecular weight excluding hydrogens is 389 g/mol. The van der Waals surface area contributed by atoms with Crippen LogP contribution >= 0.6 is 0 Å². The number of anilines is 1. The number of carbonyl (C=O) groups is 2. The molecule has 0 saturated heterocycles. The molecule has 1 heterocycles. The van der Waals surface area contributed by atoms with Crippen molar-refractivity contribution in [3.05, 3.63) is 59.5 Å². The van der Waals surface area contributed by atoms with E-state index < -0.39 is 17.6 Å². The highest BCUT2D eigenvalue weighted by Gasteiger charge is 2.17. The second-order valence-electron chi connectivity index (χ2n) is 7.87. The van der Waals surface area contributed by atoms with Gasteiger partial charge in [-0.25, -0.2) is 9.18 Å². The summed E-state index contributed by atoms with van der Waals surface area (Å²) >= 11 is 0. The van der Waals surface area contributed by atoms with E-state index in [1.54, 1.807) is 33.0 Å². The van der Waals surface area contributed by atoms with Crippen molar-refractivity contribution >= 4 is 28.6 Å². The molecule has 158 valence electrons. The first-order chi connectivity index (χ1) is 14.1. The minimum absolute atomic E-state index is 0.0886. The standard InChI is InChI=1S/C22H24FN3O4/c1-22(2,3)30-21(29)26-15-5-7-17(19(27)11-15)20(28)24-9-8-13-12-25-18-10-14(23)4-6-16(13)18/h4-7,10-12,25,27H,8-9H2,1-3H3,(H,24,28)(H,26,29). The zero-order valence-electron chi connectivity index (χ0n) is 17.0. The van der Waals surface area contributed by atoms with Crippen molar-refractivity contribution in [3.63, 3.8) is 0 Å². The molecule has 0 spiro atoms. The van der Waals surface area contributed by atoms with Crippen LogP contribution in [-0.4, -0.2) is 34.2 Å². The van der Waals surface area contributed by atoms with E-state index in [9.17, 15) is 19.1 Å². The second-order valence-corrected chi connectivity index (χ2v) is 7.87. The van der Waals surface area contributed by atoms with Crippen LogP contribution in [0.3, 0.4) is 0 Å². The van der Waals surface area contributed by atoms with E-state index in [-0.39, 0.29) is 17.1 Å². The highest BCUT2D eigenvalue weighted by molar-refractivity contribution is 5.98. The van der Waals surface area contributed by atoms with Crippen LogP contribution in [-0.2, 0) is 11.2 Å². The van der Waals surface area contributed by atoms with Gasteiger partial charge in [-0.1, -0.05) is 0 Å². The zero-order chi connectivity index (χ0) is 21.9. The van der Waals surface area contributed by atoms with Gasteiger partial charge in [-0.05, 0) is 63.1 Å². The Bertz CT molecular complexity index is 1090. The number of fused-ring (bicyclic) bond motifs is 1. The number of rotatable bonds is 5. The Morgan fingerprint density at radius 1 is 1.17 bits per heavy atom. The minimum atomic E-state index is -0.655. The fourth-order valence-corrected chi connectivity index (χ4v) is 2.99. The number of benzene rings is 2. The molecule has 0 aliphatic heterocycles. The molecule has 2 aromatic carbocycles. The van der Waals surface area contributed by atoms with E-state index in [2.05, 4.69) is 15.6 Å². The molecule has 3 rings (SSSR count). The van der Waals surface area contributed by atoms with E-state index in [4.69, 9.17) is 4.74 Å². The van der Waals surface area contributed by atoms with Gasteiger partial charge in [-0.3, -0.25) is 10.1 Å². The number of aromatic hydroxyl groups is 1. The van der Waals surface area contributed by atoms with E-state index in [1.165, 1.54) is 30.3 Å². The van der Waals surface area contributed by atoms with Gasteiger partial charge in [0, 0.05) is 35.4 Å². The van der Waals surface area contributed by atoms with E-state index >= 15 is 0 Å². The molecule has 0 aliphatic rings. The third-order valence-corrected chi connectivity index (χ3v) is 4.30. The molecule has 0 bridgehead atoms. The molecule has 0 saturated carbocycles. The molecule has 7 nitrogen and oxygen atoms in total. The van der Waals surface area contributed by atoms with Crippen LogP contribution < -0.4 is 10.6 Å². The molecular formula is C22H24FN3O4. The van der Waals surface area contributed by atoms with Gasteiger partial charge in [0.05, 0.1) is 5.56 Å². The number of H-pyrrole nitrogens is 1. The number of aromatic amines is 1. The Morgan fingerprint density at radius 3 is 2.63 bits per heavy atom. The van der Waals surface area contributed by atoms with E-state index in [0.717, 1.165) is 10.9 Å². The Kier molecular flexibility index (Phi) is 5.96. The van der Waals surface area contributed by atoms with Crippen LogP contribution in [0.15, 0.2) is 42.6 Å². The average Bonchev–Trinajstić information content (AvgIpc) is 3.02. The smallest absolute Gasteiger partial charge is 0.412 e.